The fourth-order valence-corrected chi connectivity index (χ4v) is 2.10. The molecule has 0 saturated carbocycles. The molecule has 1 fully saturated rings. The second-order valence-electron chi connectivity index (χ2n) is 4.32. The second kappa shape index (κ2) is 4.66. The van der Waals surface area contributed by atoms with Gasteiger partial charge in [-0.3, -0.25) is 4.68 Å². The van der Waals surface area contributed by atoms with Crippen LogP contribution in [0.1, 0.15) is 25.0 Å². The predicted octanol–water partition coefficient (Wildman–Crippen LogP) is 1.28. The molecule has 1 aromatic rings. The first-order valence-corrected chi connectivity index (χ1v) is 5.73. The summed E-state index contributed by atoms with van der Waals surface area (Å²) in [7, 11) is 1.98. The normalized spacial score (nSPS) is 21.6. The Bertz CT molecular complexity index is 312. The number of nitrogens with zero attached hydrogens (tertiary/aromatic N) is 2. The van der Waals surface area contributed by atoms with E-state index in [4.69, 9.17) is 0 Å². The molecule has 0 amide bonds. The molecule has 0 bridgehead atoms. The van der Waals surface area contributed by atoms with E-state index >= 15 is 0 Å². The Kier molecular flexibility index (Phi) is 3.26. The first kappa shape index (κ1) is 10.5. The Balaban J connectivity index is 1.84. The van der Waals surface area contributed by atoms with Gasteiger partial charge in [0.1, 0.15) is 5.82 Å². The minimum Gasteiger partial charge on any atom is -0.369 e. The molecule has 1 aliphatic heterocycles. The van der Waals surface area contributed by atoms with Gasteiger partial charge >= 0.3 is 0 Å². The first-order chi connectivity index (χ1) is 7.25. The van der Waals surface area contributed by atoms with Crippen LogP contribution in [0.4, 0.5) is 5.82 Å². The fourth-order valence-electron chi connectivity index (χ4n) is 2.10. The first-order valence-electron chi connectivity index (χ1n) is 5.73. The van der Waals surface area contributed by atoms with Crippen LogP contribution in [0.2, 0.25) is 0 Å². The van der Waals surface area contributed by atoms with Gasteiger partial charge in [-0.15, -0.1) is 0 Å². The lowest BCUT2D eigenvalue weighted by atomic mass is 10.1. The minimum absolute atomic E-state index is 0.619. The molecule has 1 aliphatic rings. The summed E-state index contributed by atoms with van der Waals surface area (Å²) >= 11 is 0. The van der Waals surface area contributed by atoms with Gasteiger partial charge in [-0.25, -0.2) is 0 Å². The van der Waals surface area contributed by atoms with E-state index in [2.05, 4.69) is 21.8 Å². The number of hydrogen-bond acceptors (Lipinski definition) is 3. The summed E-state index contributed by atoms with van der Waals surface area (Å²) in [6.45, 7) is 4.18. The maximum Gasteiger partial charge on any atom is 0.124 e. The van der Waals surface area contributed by atoms with E-state index in [9.17, 15) is 0 Å². The van der Waals surface area contributed by atoms with E-state index in [1.165, 1.54) is 19.3 Å². The van der Waals surface area contributed by atoms with Crippen molar-refractivity contribution in [1.82, 2.24) is 15.1 Å². The highest BCUT2D eigenvalue weighted by molar-refractivity contribution is 5.36. The van der Waals surface area contributed by atoms with Crippen LogP contribution in [0.15, 0.2) is 6.07 Å². The van der Waals surface area contributed by atoms with Crippen molar-refractivity contribution >= 4 is 5.82 Å². The molecule has 1 aromatic heterocycles. The van der Waals surface area contributed by atoms with E-state index in [0.29, 0.717) is 6.04 Å². The molecular formula is C11H20N4. The molecule has 4 heteroatoms. The van der Waals surface area contributed by atoms with Crippen molar-refractivity contribution in [3.8, 4) is 0 Å². The molecule has 0 spiro atoms. The van der Waals surface area contributed by atoms with Gasteiger partial charge < -0.3 is 10.6 Å². The van der Waals surface area contributed by atoms with Gasteiger partial charge in [0.2, 0.25) is 0 Å². The molecular weight excluding hydrogens is 188 g/mol. The van der Waals surface area contributed by atoms with Gasteiger partial charge in [0, 0.05) is 25.7 Å². The molecule has 0 aromatic carbocycles. The minimum atomic E-state index is 0.619. The van der Waals surface area contributed by atoms with Gasteiger partial charge in [0.25, 0.3) is 0 Å². The molecule has 15 heavy (non-hydrogen) atoms. The van der Waals surface area contributed by atoms with Gasteiger partial charge in [-0.05, 0) is 26.3 Å². The van der Waals surface area contributed by atoms with Crippen molar-refractivity contribution in [3.63, 3.8) is 0 Å². The zero-order valence-corrected chi connectivity index (χ0v) is 9.58. The van der Waals surface area contributed by atoms with Crippen LogP contribution in [0.3, 0.4) is 0 Å². The zero-order valence-electron chi connectivity index (χ0n) is 9.58. The van der Waals surface area contributed by atoms with Gasteiger partial charge in [-0.1, -0.05) is 6.42 Å². The van der Waals surface area contributed by atoms with Crippen LogP contribution < -0.4 is 10.6 Å². The lowest BCUT2D eigenvalue weighted by Gasteiger charge is -2.23. The SMILES string of the molecule is Cc1cc(NCC2CCCCN2)n(C)n1. The maximum atomic E-state index is 4.31. The molecule has 1 atom stereocenters. The highest BCUT2D eigenvalue weighted by Crippen LogP contribution is 2.10. The number of aryl methyl sites for hydroxylation is 2. The van der Waals surface area contributed by atoms with Gasteiger partial charge in [0.05, 0.1) is 5.69 Å². The molecule has 1 unspecified atom stereocenters. The number of rotatable bonds is 3. The van der Waals surface area contributed by atoms with Crippen LogP contribution in [0.25, 0.3) is 0 Å². The summed E-state index contributed by atoms with van der Waals surface area (Å²) in [6.07, 6.45) is 3.95. The van der Waals surface area contributed by atoms with E-state index in [0.717, 1.165) is 24.6 Å². The molecule has 0 radical (unpaired) electrons. The average molecular weight is 208 g/mol. The third-order valence-electron chi connectivity index (χ3n) is 2.94. The third-order valence-corrected chi connectivity index (χ3v) is 2.94. The van der Waals surface area contributed by atoms with E-state index in [-0.39, 0.29) is 0 Å². The van der Waals surface area contributed by atoms with Crippen LogP contribution in [-0.2, 0) is 7.05 Å². The molecule has 1 saturated heterocycles. The monoisotopic (exact) mass is 208 g/mol. The molecule has 0 aliphatic carbocycles. The van der Waals surface area contributed by atoms with Crippen LogP contribution in [0.5, 0.6) is 0 Å². The lowest BCUT2D eigenvalue weighted by Crippen LogP contribution is -2.39. The van der Waals surface area contributed by atoms with Crippen molar-refractivity contribution in [2.75, 3.05) is 18.4 Å². The van der Waals surface area contributed by atoms with Crippen molar-refractivity contribution in [2.24, 2.45) is 7.05 Å². The van der Waals surface area contributed by atoms with Gasteiger partial charge in [-0.2, -0.15) is 5.10 Å². The number of nitrogens with one attached hydrogen (secondary N) is 2. The quantitative estimate of drug-likeness (QED) is 0.786. The predicted molar refractivity (Wildman–Crippen MR) is 62.1 cm³/mol. The molecule has 2 rings (SSSR count). The topological polar surface area (TPSA) is 41.9 Å². The zero-order chi connectivity index (χ0) is 10.7. The summed E-state index contributed by atoms with van der Waals surface area (Å²) in [5.41, 5.74) is 1.07. The Hall–Kier alpha value is -1.03. The average Bonchev–Trinajstić information content (AvgIpc) is 2.56. The standard InChI is InChI=1S/C11H20N4/c1-9-7-11(15(2)14-9)13-8-10-5-3-4-6-12-10/h7,10,12-13H,3-6,8H2,1-2H3. The summed E-state index contributed by atoms with van der Waals surface area (Å²) in [6, 6.07) is 2.71. The van der Waals surface area contributed by atoms with Crippen molar-refractivity contribution < 1.29 is 0 Å². The molecule has 84 valence electrons. The van der Waals surface area contributed by atoms with E-state index < -0.39 is 0 Å². The molecule has 2 N–H and O–H groups in total. The van der Waals surface area contributed by atoms with Crippen molar-refractivity contribution in [1.29, 1.82) is 0 Å². The van der Waals surface area contributed by atoms with Crippen molar-refractivity contribution in [2.45, 2.75) is 32.2 Å². The fraction of sp³-hybridized carbons (Fsp3) is 0.727. The van der Waals surface area contributed by atoms with E-state index in [1.807, 2.05) is 18.7 Å². The number of hydrogen-bond donors (Lipinski definition) is 2. The van der Waals surface area contributed by atoms with Gasteiger partial charge in [0.15, 0.2) is 0 Å². The third kappa shape index (κ3) is 2.72. The molecule has 4 nitrogen and oxygen atoms in total. The Morgan fingerprint density at radius 1 is 1.60 bits per heavy atom. The number of aromatic nitrogens is 2. The summed E-state index contributed by atoms with van der Waals surface area (Å²) in [4.78, 5) is 0. The largest absolute Gasteiger partial charge is 0.369 e. The summed E-state index contributed by atoms with van der Waals surface area (Å²) in [5.74, 6) is 1.11. The Morgan fingerprint density at radius 3 is 3.07 bits per heavy atom. The summed E-state index contributed by atoms with van der Waals surface area (Å²) in [5, 5.41) is 11.3. The Morgan fingerprint density at radius 2 is 2.47 bits per heavy atom. The second-order valence-corrected chi connectivity index (χ2v) is 4.32. The number of anilines is 1. The maximum absolute atomic E-state index is 4.31. The van der Waals surface area contributed by atoms with Crippen LogP contribution in [0, 0.1) is 6.92 Å². The van der Waals surface area contributed by atoms with Crippen LogP contribution in [-0.4, -0.2) is 28.9 Å². The lowest BCUT2D eigenvalue weighted by molar-refractivity contribution is 0.413. The smallest absolute Gasteiger partial charge is 0.124 e. The van der Waals surface area contributed by atoms with Crippen LogP contribution >= 0.6 is 0 Å². The molecule has 2 heterocycles. The summed E-state index contributed by atoms with van der Waals surface area (Å²) < 4.78 is 1.90. The van der Waals surface area contributed by atoms with E-state index in [1.54, 1.807) is 0 Å². The highest BCUT2D eigenvalue weighted by atomic mass is 15.3. The highest BCUT2D eigenvalue weighted by Gasteiger charge is 2.12. The van der Waals surface area contributed by atoms with Crippen molar-refractivity contribution in [3.05, 3.63) is 11.8 Å². The Labute approximate surface area is 91.1 Å². The number of piperidine rings is 1.